The molecule has 24 heavy (non-hydrogen) atoms. The van der Waals surface area contributed by atoms with Gasteiger partial charge in [-0.2, -0.15) is 0 Å². The lowest BCUT2D eigenvalue weighted by Gasteiger charge is -2.14. The van der Waals surface area contributed by atoms with Crippen molar-refractivity contribution in [2.24, 2.45) is 5.92 Å². The minimum atomic E-state index is -3.71. The first-order chi connectivity index (χ1) is 11.5. The van der Waals surface area contributed by atoms with Gasteiger partial charge in [0.25, 0.3) is 10.0 Å². The molecule has 124 valence electrons. The third kappa shape index (κ3) is 3.97. The molecule has 3 rings (SSSR count). The third-order valence-electron chi connectivity index (χ3n) is 3.83. The average molecular weight is 341 g/mol. The van der Waals surface area contributed by atoms with Gasteiger partial charge in [0.1, 0.15) is 6.10 Å². The molecule has 0 heterocycles. The Hall–Kier alpha value is -2.29. The summed E-state index contributed by atoms with van der Waals surface area (Å²) in [5.74, 6) is 6.18. The van der Waals surface area contributed by atoms with Gasteiger partial charge in [-0.3, -0.25) is 4.72 Å². The molecule has 1 aliphatic rings. The monoisotopic (exact) mass is 341 g/mol. The highest BCUT2D eigenvalue weighted by Gasteiger charge is 2.20. The summed E-state index contributed by atoms with van der Waals surface area (Å²) < 4.78 is 27.6. The van der Waals surface area contributed by atoms with Crippen molar-refractivity contribution in [3.63, 3.8) is 0 Å². The highest BCUT2D eigenvalue weighted by atomic mass is 32.2. The Bertz CT molecular complexity index is 888. The van der Waals surface area contributed by atoms with Gasteiger partial charge >= 0.3 is 0 Å². The van der Waals surface area contributed by atoms with Crippen LogP contribution in [0.25, 0.3) is 0 Å². The van der Waals surface area contributed by atoms with Crippen molar-refractivity contribution in [1.29, 1.82) is 0 Å². The van der Waals surface area contributed by atoms with Crippen LogP contribution >= 0.6 is 0 Å². The van der Waals surface area contributed by atoms with Crippen molar-refractivity contribution in [3.05, 3.63) is 59.7 Å². The van der Waals surface area contributed by atoms with Gasteiger partial charge in [0.2, 0.25) is 0 Å². The molecule has 0 radical (unpaired) electrons. The lowest BCUT2D eigenvalue weighted by molar-refractivity contribution is 0.239. The van der Waals surface area contributed by atoms with Crippen LogP contribution in [0.4, 0.5) is 5.69 Å². The van der Waals surface area contributed by atoms with Gasteiger partial charge in [0.15, 0.2) is 0 Å². The molecule has 2 aromatic rings. The molecule has 0 bridgehead atoms. The van der Waals surface area contributed by atoms with Crippen molar-refractivity contribution in [2.45, 2.75) is 30.8 Å². The lowest BCUT2D eigenvalue weighted by atomic mass is 10.1. The van der Waals surface area contributed by atoms with E-state index >= 15 is 0 Å². The van der Waals surface area contributed by atoms with Gasteiger partial charge in [0.05, 0.1) is 10.6 Å². The zero-order valence-electron chi connectivity index (χ0n) is 13.4. The van der Waals surface area contributed by atoms with Gasteiger partial charge in [-0.15, -0.1) is 0 Å². The van der Waals surface area contributed by atoms with Crippen LogP contribution in [0, 0.1) is 24.7 Å². The molecule has 1 saturated carbocycles. The fraction of sp³-hybridized carbons (Fsp3) is 0.263. The fourth-order valence-electron chi connectivity index (χ4n) is 2.25. The molecule has 2 aromatic carbocycles. The molecule has 0 saturated heterocycles. The number of aryl methyl sites for hydroxylation is 1. The van der Waals surface area contributed by atoms with Gasteiger partial charge in [-0.05, 0) is 38.0 Å². The molecular formula is C19H19NO3S. The predicted octanol–water partition coefficient (Wildman–Crippen LogP) is 3.24. The minimum absolute atomic E-state index is 0.182. The standard InChI is InChI=1S/C19H19NO3S/c1-14-6-11-16(12-7-14)24(22,23)20-18-5-3-2-4-17(18)19(21)13-10-15-8-9-15/h2-7,11-12,15,19-21H,8-9H2,1H3. The molecule has 0 aliphatic heterocycles. The van der Waals surface area contributed by atoms with Crippen molar-refractivity contribution in [3.8, 4) is 11.8 Å². The van der Waals surface area contributed by atoms with Gasteiger partial charge in [-0.1, -0.05) is 47.7 Å². The average Bonchev–Trinajstić information content (AvgIpc) is 3.37. The molecule has 4 nitrogen and oxygen atoms in total. The van der Waals surface area contributed by atoms with Crippen molar-refractivity contribution in [2.75, 3.05) is 4.72 Å². The summed E-state index contributed by atoms with van der Waals surface area (Å²) in [4.78, 5) is 0.182. The Morgan fingerprint density at radius 1 is 1.12 bits per heavy atom. The second-order valence-electron chi connectivity index (χ2n) is 5.97. The number of anilines is 1. The summed E-state index contributed by atoms with van der Waals surface area (Å²) in [6.07, 6.45) is 1.13. The van der Waals surface area contributed by atoms with Crippen LogP contribution in [0.15, 0.2) is 53.4 Å². The minimum Gasteiger partial charge on any atom is -0.376 e. The Morgan fingerprint density at radius 2 is 1.79 bits per heavy atom. The lowest BCUT2D eigenvalue weighted by Crippen LogP contribution is -2.15. The smallest absolute Gasteiger partial charge is 0.261 e. The van der Waals surface area contributed by atoms with E-state index in [1.165, 1.54) is 0 Å². The highest BCUT2D eigenvalue weighted by molar-refractivity contribution is 7.92. The number of rotatable bonds is 4. The summed E-state index contributed by atoms with van der Waals surface area (Å²) >= 11 is 0. The van der Waals surface area contributed by atoms with E-state index in [2.05, 4.69) is 16.6 Å². The second kappa shape index (κ2) is 6.68. The molecule has 2 N–H and O–H groups in total. The number of hydrogen-bond donors (Lipinski definition) is 2. The number of benzene rings is 2. The van der Waals surface area contributed by atoms with Crippen LogP contribution in [0.1, 0.15) is 30.1 Å². The molecular weight excluding hydrogens is 322 g/mol. The Morgan fingerprint density at radius 3 is 2.46 bits per heavy atom. The number of sulfonamides is 1. The maximum atomic E-state index is 12.5. The fourth-order valence-corrected chi connectivity index (χ4v) is 3.34. The van der Waals surface area contributed by atoms with Crippen LogP contribution in [0.5, 0.6) is 0 Å². The number of aliphatic hydroxyl groups excluding tert-OH is 1. The van der Waals surface area contributed by atoms with Gasteiger partial charge in [0, 0.05) is 11.5 Å². The molecule has 5 heteroatoms. The number of para-hydroxylation sites is 1. The molecule has 0 aromatic heterocycles. The van der Waals surface area contributed by atoms with Crippen LogP contribution in [-0.4, -0.2) is 13.5 Å². The zero-order chi connectivity index (χ0) is 17.2. The normalized spacial score (nSPS) is 15.2. The second-order valence-corrected chi connectivity index (χ2v) is 7.65. The predicted molar refractivity (Wildman–Crippen MR) is 93.9 cm³/mol. The summed E-state index contributed by atoms with van der Waals surface area (Å²) in [5, 5.41) is 10.3. The van der Waals surface area contributed by atoms with E-state index in [0.717, 1.165) is 18.4 Å². The van der Waals surface area contributed by atoms with E-state index in [0.29, 0.717) is 17.2 Å². The summed E-state index contributed by atoms with van der Waals surface area (Å²) in [6, 6.07) is 13.4. The first kappa shape index (κ1) is 16.6. The molecule has 0 spiro atoms. The van der Waals surface area contributed by atoms with Crippen molar-refractivity contribution >= 4 is 15.7 Å². The van der Waals surface area contributed by atoms with Crippen LogP contribution in [-0.2, 0) is 10.0 Å². The SMILES string of the molecule is Cc1ccc(S(=O)(=O)Nc2ccccc2C(O)C#CC2CC2)cc1. The number of aliphatic hydroxyl groups is 1. The molecule has 0 amide bonds. The summed E-state index contributed by atoms with van der Waals surface area (Å²) in [7, 11) is -3.71. The van der Waals surface area contributed by atoms with E-state index in [4.69, 9.17) is 0 Å². The molecule has 1 unspecified atom stereocenters. The maximum absolute atomic E-state index is 12.5. The zero-order valence-corrected chi connectivity index (χ0v) is 14.2. The first-order valence-corrected chi connectivity index (χ1v) is 9.31. The molecule has 1 fully saturated rings. The highest BCUT2D eigenvalue weighted by Crippen LogP contribution is 2.29. The summed E-state index contributed by atoms with van der Waals surface area (Å²) in [6.45, 7) is 1.90. The van der Waals surface area contributed by atoms with E-state index < -0.39 is 16.1 Å². The van der Waals surface area contributed by atoms with Gasteiger partial charge in [-0.25, -0.2) is 8.42 Å². The first-order valence-electron chi connectivity index (χ1n) is 7.83. The van der Waals surface area contributed by atoms with Gasteiger partial charge < -0.3 is 5.11 Å². The topological polar surface area (TPSA) is 66.4 Å². The van der Waals surface area contributed by atoms with Crippen LogP contribution < -0.4 is 4.72 Å². The van der Waals surface area contributed by atoms with E-state index in [1.54, 1.807) is 48.5 Å². The van der Waals surface area contributed by atoms with Crippen molar-refractivity contribution < 1.29 is 13.5 Å². The van der Waals surface area contributed by atoms with Crippen LogP contribution in [0.2, 0.25) is 0 Å². The van der Waals surface area contributed by atoms with E-state index in [-0.39, 0.29) is 4.90 Å². The van der Waals surface area contributed by atoms with Crippen LogP contribution in [0.3, 0.4) is 0 Å². The maximum Gasteiger partial charge on any atom is 0.261 e. The number of nitrogens with one attached hydrogen (secondary N) is 1. The quantitative estimate of drug-likeness (QED) is 0.839. The Kier molecular flexibility index (Phi) is 4.61. The van der Waals surface area contributed by atoms with Crippen molar-refractivity contribution in [1.82, 2.24) is 0 Å². The van der Waals surface area contributed by atoms with E-state index in [1.807, 2.05) is 6.92 Å². The Balaban J connectivity index is 1.87. The Labute approximate surface area is 142 Å². The molecule has 1 aliphatic carbocycles. The third-order valence-corrected chi connectivity index (χ3v) is 5.21. The summed E-state index contributed by atoms with van der Waals surface area (Å²) in [5.41, 5.74) is 1.79. The van der Waals surface area contributed by atoms with E-state index in [9.17, 15) is 13.5 Å². The number of hydrogen-bond acceptors (Lipinski definition) is 3. The largest absolute Gasteiger partial charge is 0.376 e. The molecule has 1 atom stereocenters.